The van der Waals surface area contributed by atoms with Gasteiger partial charge in [0.15, 0.2) is 0 Å². The van der Waals surface area contributed by atoms with Crippen LogP contribution in [0.2, 0.25) is 0 Å². The molecular weight excluding hydrogens is 168 g/mol. The molecule has 0 bridgehead atoms. The van der Waals surface area contributed by atoms with Crippen LogP contribution in [-0.4, -0.2) is 27.1 Å². The summed E-state index contributed by atoms with van der Waals surface area (Å²) in [5.41, 5.74) is 0. The second kappa shape index (κ2) is 2.91. The number of hydrogen-bond acceptors (Lipinski definition) is 4. The summed E-state index contributed by atoms with van der Waals surface area (Å²) in [5, 5.41) is 0. The molecule has 1 saturated carbocycles. The molecule has 1 rings (SSSR count). The number of hydrogen-bond donors (Lipinski definition) is 0. The molecule has 1 fully saturated rings. The highest BCUT2D eigenvalue weighted by Crippen LogP contribution is 2.23. The lowest BCUT2D eigenvalue weighted by molar-refractivity contribution is -0.128. The molecule has 4 nitrogen and oxygen atoms in total. The number of rotatable bonds is 3. The fourth-order valence-corrected chi connectivity index (χ4v) is 1.94. The summed E-state index contributed by atoms with van der Waals surface area (Å²) < 4.78 is 25.8. The van der Waals surface area contributed by atoms with Gasteiger partial charge < -0.3 is 0 Å². The molecule has 0 N–H and O–H groups in total. The van der Waals surface area contributed by atoms with Gasteiger partial charge in [-0.25, -0.2) is 0 Å². The zero-order valence-corrected chi connectivity index (χ0v) is 7.06. The van der Waals surface area contributed by atoms with Gasteiger partial charge in [0.25, 0.3) is 10.1 Å². The van der Waals surface area contributed by atoms with E-state index in [1.54, 1.807) is 0 Å². The predicted molar refractivity (Wildman–Crippen MR) is 38.5 cm³/mol. The topological polar surface area (TPSA) is 60.4 Å². The quantitative estimate of drug-likeness (QED) is 0.568. The molecule has 0 amide bonds. The molecule has 0 radical (unpaired) electrons. The summed E-state index contributed by atoms with van der Waals surface area (Å²) in [5.74, 6) is -0.423. The van der Waals surface area contributed by atoms with Crippen LogP contribution in [0.1, 0.15) is 12.8 Å². The van der Waals surface area contributed by atoms with Crippen molar-refractivity contribution in [1.82, 2.24) is 0 Å². The minimum atomic E-state index is -3.43. The summed E-state index contributed by atoms with van der Waals surface area (Å²) in [6, 6.07) is 0. The maximum atomic E-state index is 10.8. The van der Waals surface area contributed by atoms with Crippen LogP contribution in [0.25, 0.3) is 0 Å². The van der Waals surface area contributed by atoms with Gasteiger partial charge in [-0.1, -0.05) is 0 Å². The van der Waals surface area contributed by atoms with Gasteiger partial charge in [-0.2, -0.15) is 8.42 Å². The summed E-state index contributed by atoms with van der Waals surface area (Å²) in [4.78, 5) is 10.7. The van der Waals surface area contributed by atoms with Crippen molar-refractivity contribution in [2.75, 3.05) is 12.9 Å². The normalized spacial score (nSPS) is 24.8. The van der Waals surface area contributed by atoms with Crippen molar-refractivity contribution < 1.29 is 17.4 Å². The van der Waals surface area contributed by atoms with Crippen LogP contribution in [0.15, 0.2) is 0 Å². The van der Waals surface area contributed by atoms with E-state index in [1.165, 1.54) is 0 Å². The fourth-order valence-electron chi connectivity index (χ4n) is 0.957. The molecule has 1 atom stereocenters. The van der Waals surface area contributed by atoms with E-state index in [9.17, 15) is 13.2 Å². The van der Waals surface area contributed by atoms with E-state index in [4.69, 9.17) is 0 Å². The highest BCUT2D eigenvalue weighted by atomic mass is 32.2. The van der Waals surface area contributed by atoms with Crippen LogP contribution in [-0.2, 0) is 19.1 Å². The van der Waals surface area contributed by atoms with Crippen LogP contribution in [0.3, 0.4) is 0 Å². The van der Waals surface area contributed by atoms with Crippen molar-refractivity contribution in [3.8, 4) is 0 Å². The smallest absolute Gasteiger partial charge is 0.267 e. The van der Waals surface area contributed by atoms with E-state index >= 15 is 0 Å². The molecule has 0 aromatic heterocycles. The third-order valence-electron chi connectivity index (χ3n) is 1.85. The Bertz CT molecular complexity index is 254. The predicted octanol–water partition coefficient (Wildman–Crippen LogP) is -0.0583. The van der Waals surface area contributed by atoms with Crippen LogP contribution in [0.5, 0.6) is 0 Å². The first-order valence-corrected chi connectivity index (χ1v) is 4.94. The Morgan fingerprint density at radius 1 is 1.64 bits per heavy atom. The van der Waals surface area contributed by atoms with Crippen LogP contribution >= 0.6 is 0 Å². The molecule has 5 heteroatoms. The summed E-state index contributed by atoms with van der Waals surface area (Å²) in [7, 11) is -2.32. The van der Waals surface area contributed by atoms with Crippen molar-refractivity contribution >= 4 is 15.9 Å². The van der Waals surface area contributed by atoms with Crippen molar-refractivity contribution in [3.63, 3.8) is 0 Å². The van der Waals surface area contributed by atoms with Gasteiger partial charge >= 0.3 is 0 Å². The molecule has 1 aliphatic rings. The zero-order valence-electron chi connectivity index (χ0n) is 6.24. The van der Waals surface area contributed by atoms with E-state index in [0.29, 0.717) is 12.8 Å². The van der Waals surface area contributed by atoms with Crippen molar-refractivity contribution in [2.45, 2.75) is 12.8 Å². The Morgan fingerprint density at radius 2 is 2.27 bits per heavy atom. The van der Waals surface area contributed by atoms with Crippen LogP contribution < -0.4 is 0 Å². The minimum Gasteiger partial charge on any atom is -0.299 e. The Morgan fingerprint density at radius 3 is 2.55 bits per heavy atom. The number of ketones is 1. The molecule has 0 aromatic carbocycles. The van der Waals surface area contributed by atoms with E-state index in [-0.39, 0.29) is 17.5 Å². The molecule has 11 heavy (non-hydrogen) atoms. The average Bonchev–Trinajstić information content (AvgIpc) is 1.98. The van der Waals surface area contributed by atoms with Crippen molar-refractivity contribution in [1.29, 1.82) is 0 Å². The van der Waals surface area contributed by atoms with Crippen molar-refractivity contribution in [2.24, 2.45) is 5.92 Å². The molecule has 0 heterocycles. The summed E-state index contributed by atoms with van der Waals surface area (Å²) >= 11 is 0. The van der Waals surface area contributed by atoms with E-state index in [2.05, 4.69) is 4.18 Å². The average molecular weight is 178 g/mol. The zero-order chi connectivity index (χ0) is 8.48. The second-order valence-electron chi connectivity index (χ2n) is 2.59. The Hall–Kier alpha value is -0.420. The van der Waals surface area contributed by atoms with Crippen LogP contribution in [0.4, 0.5) is 0 Å². The van der Waals surface area contributed by atoms with Gasteiger partial charge in [-0.3, -0.25) is 8.98 Å². The third-order valence-corrected chi connectivity index (χ3v) is 3.17. The molecule has 0 spiro atoms. The molecule has 0 aromatic rings. The second-order valence-corrected chi connectivity index (χ2v) is 4.37. The van der Waals surface area contributed by atoms with E-state index in [1.807, 2.05) is 0 Å². The fraction of sp³-hybridized carbons (Fsp3) is 0.833. The van der Waals surface area contributed by atoms with E-state index in [0.717, 1.165) is 7.11 Å². The molecule has 64 valence electrons. The minimum absolute atomic E-state index is 0.0330. The summed E-state index contributed by atoms with van der Waals surface area (Å²) in [6.07, 6.45) is 1.20. The van der Waals surface area contributed by atoms with Gasteiger partial charge in [-0.05, 0) is 6.42 Å². The van der Waals surface area contributed by atoms with Crippen molar-refractivity contribution in [3.05, 3.63) is 0 Å². The Kier molecular flexibility index (Phi) is 2.29. The maximum Gasteiger partial charge on any atom is 0.267 e. The largest absolute Gasteiger partial charge is 0.299 e. The number of carbonyl (C=O) groups excluding carboxylic acids is 1. The molecular formula is C6H10O4S. The van der Waals surface area contributed by atoms with E-state index < -0.39 is 10.1 Å². The lowest BCUT2D eigenvalue weighted by atomic mass is 9.86. The van der Waals surface area contributed by atoms with Gasteiger partial charge in [0.2, 0.25) is 0 Å². The molecule has 0 aliphatic heterocycles. The van der Waals surface area contributed by atoms with Crippen LogP contribution in [0, 0.1) is 5.92 Å². The number of carbonyl (C=O) groups is 1. The Labute approximate surface area is 65.7 Å². The highest BCUT2D eigenvalue weighted by Gasteiger charge is 2.32. The molecule has 1 unspecified atom stereocenters. The lowest BCUT2D eigenvalue weighted by Gasteiger charge is -2.22. The Balaban J connectivity index is 2.49. The SMILES string of the molecule is COS(=O)(=O)CC1CCC1=O. The maximum absolute atomic E-state index is 10.8. The number of Topliss-reactive ketones (excluding diaryl/α,β-unsaturated/α-hetero) is 1. The third kappa shape index (κ3) is 2.00. The first-order chi connectivity index (χ1) is 5.05. The molecule has 0 saturated heterocycles. The van der Waals surface area contributed by atoms with Gasteiger partial charge in [0.05, 0.1) is 12.9 Å². The first-order valence-electron chi connectivity index (χ1n) is 3.36. The lowest BCUT2D eigenvalue weighted by Crippen LogP contribution is -2.32. The molecule has 1 aliphatic carbocycles. The van der Waals surface area contributed by atoms with Gasteiger partial charge in [0, 0.05) is 12.3 Å². The monoisotopic (exact) mass is 178 g/mol. The summed E-state index contributed by atoms with van der Waals surface area (Å²) in [6.45, 7) is 0. The first kappa shape index (κ1) is 8.67. The van der Waals surface area contributed by atoms with Gasteiger partial charge in [-0.15, -0.1) is 0 Å². The van der Waals surface area contributed by atoms with Gasteiger partial charge in [0.1, 0.15) is 5.78 Å². The standard InChI is InChI=1S/C6H10O4S/c1-10-11(8,9)4-5-2-3-6(5)7/h5H,2-4H2,1H3. The highest BCUT2D eigenvalue weighted by molar-refractivity contribution is 7.86.